The van der Waals surface area contributed by atoms with Crippen LogP contribution >= 0.6 is 0 Å². The summed E-state index contributed by atoms with van der Waals surface area (Å²) in [5.41, 5.74) is 0. The third-order valence-corrected chi connectivity index (χ3v) is 10.2. The molecule has 0 aromatic heterocycles. The van der Waals surface area contributed by atoms with Crippen molar-refractivity contribution in [3.05, 3.63) is 12.2 Å². The zero-order chi connectivity index (χ0) is 37.3. The van der Waals surface area contributed by atoms with E-state index in [9.17, 15) is 14.4 Å². The fraction of sp³-hybridized carbons (Fsp3) is 0.889. The Balaban J connectivity index is 4.08. The van der Waals surface area contributed by atoms with Crippen LogP contribution in [0.2, 0.25) is 0 Å². The highest BCUT2D eigenvalue weighted by Gasteiger charge is 2.14. The van der Waals surface area contributed by atoms with Crippen molar-refractivity contribution >= 4 is 17.8 Å². The van der Waals surface area contributed by atoms with Crippen LogP contribution in [0.4, 0.5) is 0 Å². The van der Waals surface area contributed by atoms with Crippen molar-refractivity contribution in [1.82, 2.24) is 5.32 Å². The predicted octanol–water partition coefficient (Wildman–Crippen LogP) is 13.7. The molecule has 300 valence electrons. The Morgan fingerprint density at radius 2 is 0.863 bits per heavy atom. The molecular formula is C45H85NO5. The van der Waals surface area contributed by atoms with Gasteiger partial charge in [-0.15, -0.1) is 0 Å². The van der Waals surface area contributed by atoms with Gasteiger partial charge >= 0.3 is 11.9 Å². The summed E-state index contributed by atoms with van der Waals surface area (Å²) in [6.07, 6.45) is 47.7. The number of rotatable bonds is 41. The molecule has 0 bridgehead atoms. The van der Waals surface area contributed by atoms with Crippen LogP contribution in [0.1, 0.15) is 245 Å². The predicted molar refractivity (Wildman–Crippen MR) is 217 cm³/mol. The molecule has 0 aromatic rings. The van der Waals surface area contributed by atoms with E-state index in [-0.39, 0.29) is 24.5 Å². The summed E-state index contributed by atoms with van der Waals surface area (Å²) in [6, 6.07) is 0. The van der Waals surface area contributed by atoms with Crippen molar-refractivity contribution in [3.8, 4) is 0 Å². The minimum absolute atomic E-state index is 0.00168. The zero-order valence-corrected chi connectivity index (χ0v) is 34.0. The Kier molecular flexibility index (Phi) is 39.4. The summed E-state index contributed by atoms with van der Waals surface area (Å²) >= 11 is 0. The van der Waals surface area contributed by atoms with Crippen LogP contribution in [0.15, 0.2) is 12.2 Å². The molecule has 0 saturated carbocycles. The Hall–Kier alpha value is -1.85. The lowest BCUT2D eigenvalue weighted by atomic mass is 10.0. The van der Waals surface area contributed by atoms with E-state index in [1.165, 1.54) is 148 Å². The van der Waals surface area contributed by atoms with Gasteiger partial charge in [0.1, 0.15) is 12.6 Å². The first-order chi connectivity index (χ1) is 25.0. The van der Waals surface area contributed by atoms with Gasteiger partial charge in [-0.25, -0.2) is 0 Å². The molecule has 0 aromatic carbocycles. The zero-order valence-electron chi connectivity index (χ0n) is 34.0. The first-order valence-electron chi connectivity index (χ1n) is 22.3. The molecule has 1 unspecified atom stereocenters. The minimum atomic E-state index is -1.02. The monoisotopic (exact) mass is 720 g/mol. The number of hydrogen-bond acceptors (Lipinski definition) is 4. The maximum atomic E-state index is 12.7. The first kappa shape index (κ1) is 49.1. The van der Waals surface area contributed by atoms with E-state index in [1.54, 1.807) is 0 Å². The molecule has 0 aliphatic heterocycles. The van der Waals surface area contributed by atoms with Crippen molar-refractivity contribution in [2.75, 3.05) is 6.54 Å². The fourth-order valence-corrected chi connectivity index (χ4v) is 6.87. The molecule has 0 fully saturated rings. The van der Waals surface area contributed by atoms with Gasteiger partial charge in [0.05, 0.1) is 0 Å². The molecule has 0 aliphatic rings. The van der Waals surface area contributed by atoms with E-state index in [0.29, 0.717) is 12.8 Å². The largest absolute Gasteiger partial charge is 0.480 e. The summed E-state index contributed by atoms with van der Waals surface area (Å²) in [5, 5.41) is 11.1. The lowest BCUT2D eigenvalue weighted by Gasteiger charge is -2.18. The highest BCUT2D eigenvalue weighted by molar-refractivity contribution is 5.80. The molecule has 1 atom stereocenters. The molecule has 2 N–H and O–H groups in total. The summed E-state index contributed by atoms with van der Waals surface area (Å²) in [5.74, 6) is -1.24. The molecule has 1 amide bonds. The lowest BCUT2D eigenvalue weighted by molar-refractivity contribution is -0.150. The normalized spacial score (nSPS) is 12.0. The van der Waals surface area contributed by atoms with E-state index in [2.05, 4.69) is 31.3 Å². The molecular weight excluding hydrogens is 634 g/mol. The molecule has 0 aliphatic carbocycles. The molecule has 6 nitrogen and oxygen atoms in total. The van der Waals surface area contributed by atoms with E-state index in [1.807, 2.05) is 0 Å². The van der Waals surface area contributed by atoms with Crippen molar-refractivity contribution < 1.29 is 24.2 Å². The SMILES string of the molecule is CCCCCCCC/C=C\CCCC(CCCCCCCC(=O)NCC(=O)O)OC(=O)CCCCCCCCCCCCCCCCCCCC. The number of aliphatic carboxylic acids is 1. The van der Waals surface area contributed by atoms with Crippen molar-refractivity contribution in [2.45, 2.75) is 251 Å². The summed E-state index contributed by atoms with van der Waals surface area (Å²) < 4.78 is 6.02. The van der Waals surface area contributed by atoms with Crippen LogP contribution in [0.3, 0.4) is 0 Å². The van der Waals surface area contributed by atoms with Crippen LogP contribution in [0.5, 0.6) is 0 Å². The second-order valence-corrected chi connectivity index (χ2v) is 15.3. The third-order valence-electron chi connectivity index (χ3n) is 10.2. The molecule has 0 rings (SSSR count). The lowest BCUT2D eigenvalue weighted by Crippen LogP contribution is -2.28. The molecule has 0 saturated heterocycles. The van der Waals surface area contributed by atoms with E-state index in [4.69, 9.17) is 9.84 Å². The second kappa shape index (κ2) is 40.9. The molecule has 6 heteroatoms. The van der Waals surface area contributed by atoms with Gasteiger partial charge in [-0.3, -0.25) is 14.4 Å². The van der Waals surface area contributed by atoms with Crippen molar-refractivity contribution in [2.24, 2.45) is 0 Å². The van der Waals surface area contributed by atoms with Gasteiger partial charge in [-0.1, -0.05) is 187 Å². The number of carboxylic acid groups (broad SMARTS) is 1. The van der Waals surface area contributed by atoms with Gasteiger partial charge in [-0.05, 0) is 57.8 Å². The number of hydrogen-bond donors (Lipinski definition) is 2. The Bertz CT molecular complexity index is 797. The molecule has 0 spiro atoms. The van der Waals surface area contributed by atoms with Crippen LogP contribution in [0.25, 0.3) is 0 Å². The van der Waals surface area contributed by atoms with Crippen molar-refractivity contribution in [3.63, 3.8) is 0 Å². The van der Waals surface area contributed by atoms with Gasteiger partial charge in [0, 0.05) is 12.8 Å². The number of esters is 1. The van der Waals surface area contributed by atoms with E-state index < -0.39 is 5.97 Å². The standard InChI is InChI=1S/C45H85NO5/c1-3-5-7-9-11-13-15-16-17-18-19-20-21-23-25-27-32-36-40-45(50)51-42(37-33-29-26-24-22-14-12-10-8-6-4-2)38-34-30-28-31-35-39-43(47)46-41-44(48)49/h24,26,42H,3-23,25,27-41H2,1-2H3,(H,46,47)(H,48,49)/b26-24-. The number of amides is 1. The Morgan fingerprint density at radius 3 is 1.33 bits per heavy atom. The summed E-state index contributed by atoms with van der Waals surface area (Å²) in [7, 11) is 0. The fourth-order valence-electron chi connectivity index (χ4n) is 6.87. The van der Waals surface area contributed by atoms with Crippen LogP contribution < -0.4 is 5.32 Å². The number of nitrogens with one attached hydrogen (secondary N) is 1. The smallest absolute Gasteiger partial charge is 0.322 e. The average molecular weight is 720 g/mol. The summed E-state index contributed by atoms with van der Waals surface area (Å²) in [6.45, 7) is 4.23. The number of ether oxygens (including phenoxy) is 1. The topological polar surface area (TPSA) is 92.7 Å². The highest BCUT2D eigenvalue weighted by Crippen LogP contribution is 2.18. The molecule has 0 radical (unpaired) electrons. The van der Waals surface area contributed by atoms with Gasteiger partial charge in [-0.2, -0.15) is 0 Å². The van der Waals surface area contributed by atoms with Gasteiger partial charge in [0.15, 0.2) is 0 Å². The minimum Gasteiger partial charge on any atom is -0.480 e. The van der Waals surface area contributed by atoms with Gasteiger partial charge in [0.2, 0.25) is 5.91 Å². The number of allylic oxidation sites excluding steroid dienone is 2. The maximum Gasteiger partial charge on any atom is 0.322 e. The van der Waals surface area contributed by atoms with Crippen LogP contribution in [-0.2, 0) is 19.1 Å². The third kappa shape index (κ3) is 40.8. The number of carbonyl (C=O) groups is 3. The Morgan fingerprint density at radius 1 is 0.490 bits per heavy atom. The number of carbonyl (C=O) groups excluding carboxylic acids is 2. The van der Waals surface area contributed by atoms with E-state index in [0.717, 1.165) is 70.6 Å². The van der Waals surface area contributed by atoms with E-state index >= 15 is 0 Å². The van der Waals surface area contributed by atoms with Crippen LogP contribution in [0, 0.1) is 0 Å². The highest BCUT2D eigenvalue weighted by atomic mass is 16.5. The average Bonchev–Trinajstić information content (AvgIpc) is 3.11. The van der Waals surface area contributed by atoms with Crippen LogP contribution in [-0.4, -0.2) is 35.6 Å². The maximum absolute atomic E-state index is 12.7. The van der Waals surface area contributed by atoms with Crippen molar-refractivity contribution in [1.29, 1.82) is 0 Å². The Labute approximate surface area is 316 Å². The number of carboxylic acids is 1. The first-order valence-corrected chi connectivity index (χ1v) is 22.3. The number of unbranched alkanes of at least 4 members (excludes halogenated alkanes) is 28. The molecule has 0 heterocycles. The van der Waals surface area contributed by atoms with Gasteiger partial charge in [0.25, 0.3) is 0 Å². The second-order valence-electron chi connectivity index (χ2n) is 15.3. The summed E-state index contributed by atoms with van der Waals surface area (Å²) in [4.78, 5) is 35.0. The molecule has 51 heavy (non-hydrogen) atoms. The van der Waals surface area contributed by atoms with Gasteiger partial charge < -0.3 is 15.2 Å². The quantitative estimate of drug-likeness (QED) is 0.0373.